The summed E-state index contributed by atoms with van der Waals surface area (Å²) in [5.41, 5.74) is 1.21. The van der Waals surface area contributed by atoms with Gasteiger partial charge < -0.3 is 9.84 Å². The summed E-state index contributed by atoms with van der Waals surface area (Å²) in [5, 5.41) is 9.82. The molecule has 0 radical (unpaired) electrons. The van der Waals surface area contributed by atoms with Crippen LogP contribution in [0.3, 0.4) is 0 Å². The Morgan fingerprint density at radius 2 is 2.11 bits per heavy atom. The Kier molecular flexibility index (Phi) is 4.93. The number of aliphatic hydroxyl groups is 1. The van der Waals surface area contributed by atoms with E-state index in [1.54, 1.807) is 0 Å². The zero-order valence-electron chi connectivity index (χ0n) is 10.8. The Morgan fingerprint density at radius 1 is 1.33 bits per heavy atom. The third kappa shape index (κ3) is 3.67. The summed E-state index contributed by atoms with van der Waals surface area (Å²) in [4.78, 5) is 2.21. The summed E-state index contributed by atoms with van der Waals surface area (Å²) in [7, 11) is 0. The lowest BCUT2D eigenvalue weighted by atomic mass is 10.2. The number of β-amino-alcohol motifs (C(OH)–C–C–N with tert-alkyl or cyclic N) is 1. The summed E-state index contributed by atoms with van der Waals surface area (Å²) in [6.45, 7) is 4.99. The molecule has 1 aromatic rings. The highest BCUT2D eigenvalue weighted by Gasteiger charge is 2.30. The molecule has 0 aliphatic carbocycles. The second kappa shape index (κ2) is 6.69. The van der Waals surface area contributed by atoms with E-state index >= 15 is 0 Å². The van der Waals surface area contributed by atoms with Crippen LogP contribution in [0, 0.1) is 0 Å². The van der Waals surface area contributed by atoms with Crippen molar-refractivity contribution in [3.05, 3.63) is 42.0 Å². The topological polar surface area (TPSA) is 32.7 Å². The van der Waals surface area contributed by atoms with Crippen LogP contribution in [0.5, 0.6) is 0 Å². The van der Waals surface area contributed by atoms with E-state index < -0.39 is 0 Å². The monoisotopic (exact) mass is 247 g/mol. The zero-order valence-corrected chi connectivity index (χ0v) is 10.8. The van der Waals surface area contributed by atoms with E-state index in [2.05, 4.69) is 29.2 Å². The van der Waals surface area contributed by atoms with Gasteiger partial charge in [0.25, 0.3) is 0 Å². The molecule has 2 atom stereocenters. The van der Waals surface area contributed by atoms with Crippen molar-refractivity contribution in [1.82, 2.24) is 4.90 Å². The molecule has 2 rings (SSSR count). The molecule has 1 N–H and O–H groups in total. The van der Waals surface area contributed by atoms with Gasteiger partial charge in [0.2, 0.25) is 0 Å². The molecule has 0 amide bonds. The molecule has 3 nitrogen and oxygen atoms in total. The third-order valence-electron chi connectivity index (χ3n) is 3.17. The van der Waals surface area contributed by atoms with Crippen LogP contribution >= 0.6 is 0 Å². The van der Waals surface area contributed by atoms with E-state index in [9.17, 15) is 5.11 Å². The van der Waals surface area contributed by atoms with Crippen molar-refractivity contribution in [2.75, 3.05) is 26.2 Å². The molecule has 0 unspecified atom stereocenters. The predicted molar refractivity (Wildman–Crippen MR) is 73.3 cm³/mol. The molecular weight excluding hydrogens is 226 g/mol. The van der Waals surface area contributed by atoms with Gasteiger partial charge >= 0.3 is 0 Å². The van der Waals surface area contributed by atoms with E-state index in [-0.39, 0.29) is 12.2 Å². The molecule has 1 aliphatic rings. The second-order valence-corrected chi connectivity index (χ2v) is 4.59. The Labute approximate surface area is 109 Å². The highest BCUT2D eigenvalue weighted by atomic mass is 16.5. The minimum atomic E-state index is -0.352. The van der Waals surface area contributed by atoms with Crippen LogP contribution in [0.1, 0.15) is 12.5 Å². The van der Waals surface area contributed by atoms with Gasteiger partial charge in [-0.15, -0.1) is 0 Å². The predicted octanol–water partition coefficient (Wildman–Crippen LogP) is 1.78. The summed E-state index contributed by atoms with van der Waals surface area (Å²) < 4.78 is 5.49. The minimum Gasteiger partial charge on any atom is -0.389 e. The summed E-state index contributed by atoms with van der Waals surface area (Å²) in [5.74, 6) is 0. The van der Waals surface area contributed by atoms with Crippen LogP contribution in [-0.4, -0.2) is 48.5 Å². The van der Waals surface area contributed by atoms with Crippen LogP contribution in [0.4, 0.5) is 0 Å². The average Bonchev–Trinajstić information content (AvgIpc) is 2.72. The van der Waals surface area contributed by atoms with E-state index in [1.165, 1.54) is 5.56 Å². The Morgan fingerprint density at radius 3 is 2.83 bits per heavy atom. The molecule has 1 heterocycles. The van der Waals surface area contributed by atoms with Crippen LogP contribution in [0.15, 0.2) is 36.4 Å². The lowest BCUT2D eigenvalue weighted by molar-refractivity contribution is -0.00237. The summed E-state index contributed by atoms with van der Waals surface area (Å²) >= 11 is 0. The first-order valence-corrected chi connectivity index (χ1v) is 6.53. The van der Waals surface area contributed by atoms with Crippen molar-refractivity contribution in [1.29, 1.82) is 0 Å². The molecule has 0 aromatic heterocycles. The molecule has 1 saturated heterocycles. The molecule has 0 spiro atoms. The fourth-order valence-electron chi connectivity index (χ4n) is 2.26. The molecule has 98 valence electrons. The lowest BCUT2D eigenvalue weighted by Crippen LogP contribution is -2.26. The fourth-order valence-corrected chi connectivity index (χ4v) is 2.26. The van der Waals surface area contributed by atoms with Crippen LogP contribution in [0.25, 0.3) is 6.08 Å². The number of nitrogens with zero attached hydrogens (tertiary/aromatic N) is 1. The highest BCUT2D eigenvalue weighted by molar-refractivity contribution is 5.48. The molecule has 1 aliphatic heterocycles. The summed E-state index contributed by atoms with van der Waals surface area (Å²) in [6, 6.07) is 10.2. The maximum Gasteiger partial charge on any atom is 0.0972 e. The number of hydrogen-bond donors (Lipinski definition) is 1. The SMILES string of the molecule is CCO[C@H]1CN(CC=Cc2ccccc2)C[C@@H]1O. The van der Waals surface area contributed by atoms with E-state index in [0.29, 0.717) is 13.2 Å². The van der Waals surface area contributed by atoms with Gasteiger partial charge in [-0.3, -0.25) is 4.90 Å². The van der Waals surface area contributed by atoms with Gasteiger partial charge in [0.05, 0.1) is 12.2 Å². The molecule has 3 heteroatoms. The zero-order chi connectivity index (χ0) is 12.8. The number of rotatable bonds is 5. The van der Waals surface area contributed by atoms with Gasteiger partial charge in [0.15, 0.2) is 0 Å². The van der Waals surface area contributed by atoms with Gasteiger partial charge in [-0.05, 0) is 12.5 Å². The Balaban J connectivity index is 1.80. The molecule has 18 heavy (non-hydrogen) atoms. The fraction of sp³-hybridized carbons (Fsp3) is 0.467. The Bertz CT molecular complexity index is 377. The van der Waals surface area contributed by atoms with Gasteiger partial charge in [-0.1, -0.05) is 42.5 Å². The van der Waals surface area contributed by atoms with E-state index in [0.717, 1.165) is 13.1 Å². The van der Waals surface area contributed by atoms with Crippen molar-refractivity contribution in [3.63, 3.8) is 0 Å². The maximum atomic E-state index is 9.82. The van der Waals surface area contributed by atoms with Crippen LogP contribution in [0.2, 0.25) is 0 Å². The van der Waals surface area contributed by atoms with E-state index in [4.69, 9.17) is 4.74 Å². The van der Waals surface area contributed by atoms with Crippen molar-refractivity contribution < 1.29 is 9.84 Å². The van der Waals surface area contributed by atoms with Crippen LogP contribution < -0.4 is 0 Å². The first-order valence-electron chi connectivity index (χ1n) is 6.53. The van der Waals surface area contributed by atoms with Gasteiger partial charge in [0, 0.05) is 26.2 Å². The van der Waals surface area contributed by atoms with Gasteiger partial charge in [-0.25, -0.2) is 0 Å². The molecular formula is C15H21NO2. The first-order chi connectivity index (χ1) is 8.79. The number of likely N-dealkylation sites (tertiary alicyclic amines) is 1. The highest BCUT2D eigenvalue weighted by Crippen LogP contribution is 2.13. The normalized spacial score (nSPS) is 25.0. The van der Waals surface area contributed by atoms with Crippen molar-refractivity contribution in [2.45, 2.75) is 19.1 Å². The molecule has 1 aromatic carbocycles. The first kappa shape index (κ1) is 13.3. The molecule has 0 saturated carbocycles. The lowest BCUT2D eigenvalue weighted by Gasteiger charge is -2.13. The van der Waals surface area contributed by atoms with E-state index in [1.807, 2.05) is 25.1 Å². The number of benzene rings is 1. The summed E-state index contributed by atoms with van der Waals surface area (Å²) in [6.07, 6.45) is 3.87. The van der Waals surface area contributed by atoms with Crippen molar-refractivity contribution in [2.24, 2.45) is 0 Å². The third-order valence-corrected chi connectivity index (χ3v) is 3.17. The second-order valence-electron chi connectivity index (χ2n) is 4.59. The minimum absolute atomic E-state index is 0.0277. The number of ether oxygens (including phenoxy) is 1. The Hall–Kier alpha value is -1.16. The number of hydrogen-bond acceptors (Lipinski definition) is 3. The van der Waals surface area contributed by atoms with Gasteiger partial charge in [0.1, 0.15) is 0 Å². The number of aliphatic hydroxyl groups excluding tert-OH is 1. The largest absolute Gasteiger partial charge is 0.389 e. The maximum absolute atomic E-state index is 9.82. The van der Waals surface area contributed by atoms with Crippen molar-refractivity contribution in [3.8, 4) is 0 Å². The standard InChI is InChI=1S/C15H21NO2/c1-2-18-15-12-16(11-14(15)17)10-6-9-13-7-4-3-5-8-13/h3-9,14-15,17H,2,10-12H2,1H3/t14-,15-/m0/s1. The van der Waals surface area contributed by atoms with Gasteiger partial charge in [-0.2, -0.15) is 0 Å². The van der Waals surface area contributed by atoms with Crippen molar-refractivity contribution >= 4 is 6.08 Å². The van der Waals surface area contributed by atoms with Crippen LogP contribution in [-0.2, 0) is 4.74 Å². The molecule has 0 bridgehead atoms. The molecule has 1 fully saturated rings. The quantitative estimate of drug-likeness (QED) is 0.861. The average molecular weight is 247 g/mol. The smallest absolute Gasteiger partial charge is 0.0972 e.